The maximum Gasteiger partial charge on any atom is 0.296 e. The number of nitro groups is 1. The molecule has 19 heavy (non-hydrogen) atoms. The number of nitro benzene ring substituents is 1. The molecule has 2 rings (SSSR count). The zero-order chi connectivity index (χ0) is 14.0. The van der Waals surface area contributed by atoms with Gasteiger partial charge in [-0.25, -0.2) is 0 Å². The Bertz CT molecular complexity index is 468. The fourth-order valence-electron chi connectivity index (χ4n) is 2.57. The van der Waals surface area contributed by atoms with E-state index in [1.165, 1.54) is 13.2 Å². The number of hydrogen-bond donors (Lipinski definition) is 1. The van der Waals surface area contributed by atoms with Crippen LogP contribution in [0.2, 0.25) is 0 Å². The van der Waals surface area contributed by atoms with Gasteiger partial charge in [-0.2, -0.15) is 0 Å². The van der Waals surface area contributed by atoms with Gasteiger partial charge in [0.15, 0.2) is 0 Å². The van der Waals surface area contributed by atoms with E-state index < -0.39 is 0 Å². The Kier molecular flexibility index (Phi) is 3.90. The number of methoxy groups -OCH3 is 1. The van der Waals surface area contributed by atoms with Gasteiger partial charge in [0.25, 0.3) is 5.69 Å². The number of ether oxygens (including phenoxy) is 1. The van der Waals surface area contributed by atoms with E-state index in [1.807, 2.05) is 0 Å². The van der Waals surface area contributed by atoms with E-state index >= 15 is 0 Å². The van der Waals surface area contributed by atoms with Crippen LogP contribution < -0.4 is 15.0 Å². The molecular formula is C13H19N3O3. The molecule has 0 radical (unpaired) electrons. The molecule has 0 saturated carbocycles. The molecule has 6 heteroatoms. The predicted octanol–water partition coefficient (Wildman–Crippen LogP) is 1.79. The summed E-state index contributed by atoms with van der Waals surface area (Å²) in [5.41, 5.74) is 0.756. The maximum atomic E-state index is 11.2. The zero-order valence-corrected chi connectivity index (χ0v) is 11.4. The Labute approximate surface area is 112 Å². The normalized spacial score (nSPS) is 23.2. The lowest BCUT2D eigenvalue weighted by Crippen LogP contribution is -2.54. The molecule has 1 aromatic carbocycles. The van der Waals surface area contributed by atoms with Crippen LogP contribution in [-0.2, 0) is 0 Å². The summed E-state index contributed by atoms with van der Waals surface area (Å²) in [5, 5.41) is 14.6. The molecule has 6 nitrogen and oxygen atoms in total. The van der Waals surface area contributed by atoms with Crippen molar-refractivity contribution in [2.75, 3.05) is 25.1 Å². The number of benzene rings is 1. The summed E-state index contributed by atoms with van der Waals surface area (Å²) in [6.45, 7) is 5.69. The lowest BCUT2D eigenvalue weighted by atomic mass is 10.1. The van der Waals surface area contributed by atoms with Gasteiger partial charge in [-0.1, -0.05) is 0 Å². The summed E-state index contributed by atoms with van der Waals surface area (Å²) in [6, 6.07) is 5.63. The van der Waals surface area contributed by atoms with Gasteiger partial charge in [-0.15, -0.1) is 0 Å². The minimum Gasteiger partial charge on any atom is -0.496 e. The largest absolute Gasteiger partial charge is 0.496 e. The van der Waals surface area contributed by atoms with Crippen LogP contribution in [0.1, 0.15) is 13.8 Å². The van der Waals surface area contributed by atoms with Crippen molar-refractivity contribution in [3.05, 3.63) is 28.3 Å². The fourth-order valence-corrected chi connectivity index (χ4v) is 2.57. The molecule has 1 N–H and O–H groups in total. The third-order valence-corrected chi connectivity index (χ3v) is 3.28. The van der Waals surface area contributed by atoms with Crippen LogP contribution in [0.5, 0.6) is 5.75 Å². The molecule has 1 heterocycles. The first-order valence-corrected chi connectivity index (χ1v) is 6.34. The van der Waals surface area contributed by atoms with Gasteiger partial charge in [0.2, 0.25) is 0 Å². The van der Waals surface area contributed by atoms with E-state index in [0.717, 1.165) is 13.1 Å². The van der Waals surface area contributed by atoms with Crippen molar-refractivity contribution in [1.82, 2.24) is 5.32 Å². The number of piperazine rings is 1. The first-order valence-electron chi connectivity index (χ1n) is 6.34. The molecule has 0 aromatic heterocycles. The van der Waals surface area contributed by atoms with Crippen LogP contribution >= 0.6 is 0 Å². The molecule has 0 aliphatic carbocycles. The molecular weight excluding hydrogens is 246 g/mol. The number of hydrogen-bond acceptors (Lipinski definition) is 5. The smallest absolute Gasteiger partial charge is 0.296 e. The molecule has 104 valence electrons. The highest BCUT2D eigenvalue weighted by molar-refractivity contribution is 5.66. The highest BCUT2D eigenvalue weighted by atomic mass is 16.6. The summed E-state index contributed by atoms with van der Waals surface area (Å²) >= 11 is 0. The number of rotatable bonds is 3. The molecule has 2 atom stereocenters. The van der Waals surface area contributed by atoms with Crippen molar-refractivity contribution in [1.29, 1.82) is 0 Å². The number of nitrogens with one attached hydrogen (secondary N) is 1. The van der Waals surface area contributed by atoms with Crippen LogP contribution in [0.15, 0.2) is 18.2 Å². The van der Waals surface area contributed by atoms with Crippen molar-refractivity contribution >= 4 is 11.4 Å². The fraction of sp³-hybridized carbons (Fsp3) is 0.538. The molecule has 1 fully saturated rings. The van der Waals surface area contributed by atoms with Crippen LogP contribution in [0.3, 0.4) is 0 Å². The van der Waals surface area contributed by atoms with E-state index in [2.05, 4.69) is 24.1 Å². The minimum absolute atomic E-state index is 0.0978. The van der Waals surface area contributed by atoms with E-state index in [9.17, 15) is 10.1 Å². The Morgan fingerprint density at radius 3 is 2.53 bits per heavy atom. The standard InChI is InChI=1S/C13H19N3O3/c1-9-7-15(8-10(2)14-9)12-5-4-11(19-3)6-13(12)16(17)18/h4-6,9-10,14H,7-8H2,1-3H3. The molecule has 2 unspecified atom stereocenters. The summed E-state index contributed by atoms with van der Waals surface area (Å²) in [4.78, 5) is 12.9. The van der Waals surface area contributed by atoms with Gasteiger partial charge in [-0.05, 0) is 26.0 Å². The molecule has 0 bridgehead atoms. The Morgan fingerprint density at radius 1 is 1.37 bits per heavy atom. The predicted molar refractivity (Wildman–Crippen MR) is 73.9 cm³/mol. The van der Waals surface area contributed by atoms with Gasteiger partial charge in [0.1, 0.15) is 11.4 Å². The van der Waals surface area contributed by atoms with Crippen molar-refractivity contribution in [3.63, 3.8) is 0 Å². The first-order chi connectivity index (χ1) is 9.01. The highest BCUT2D eigenvalue weighted by Crippen LogP contribution is 2.32. The van der Waals surface area contributed by atoms with E-state index in [1.54, 1.807) is 12.1 Å². The van der Waals surface area contributed by atoms with Gasteiger partial charge in [-0.3, -0.25) is 10.1 Å². The van der Waals surface area contributed by atoms with Gasteiger partial charge >= 0.3 is 0 Å². The molecule has 1 aliphatic rings. The second kappa shape index (κ2) is 5.44. The topological polar surface area (TPSA) is 67.6 Å². The third-order valence-electron chi connectivity index (χ3n) is 3.28. The van der Waals surface area contributed by atoms with Crippen LogP contribution in [0.25, 0.3) is 0 Å². The first kappa shape index (κ1) is 13.6. The van der Waals surface area contributed by atoms with Gasteiger partial charge in [0.05, 0.1) is 18.1 Å². The van der Waals surface area contributed by atoms with E-state index in [-0.39, 0.29) is 10.6 Å². The van der Waals surface area contributed by atoms with Crippen molar-refractivity contribution in [2.45, 2.75) is 25.9 Å². The van der Waals surface area contributed by atoms with Gasteiger partial charge in [0, 0.05) is 25.2 Å². The third kappa shape index (κ3) is 2.96. The molecule has 1 aliphatic heterocycles. The SMILES string of the molecule is COc1ccc(N2CC(C)NC(C)C2)c([N+](=O)[O-])c1. The van der Waals surface area contributed by atoms with Crippen molar-refractivity contribution in [3.8, 4) is 5.75 Å². The minimum atomic E-state index is -0.352. The average Bonchev–Trinajstić information content (AvgIpc) is 2.36. The molecule has 0 amide bonds. The Balaban J connectivity index is 2.35. The summed E-state index contributed by atoms with van der Waals surface area (Å²) < 4.78 is 5.05. The Hall–Kier alpha value is -1.82. The quantitative estimate of drug-likeness (QED) is 0.666. The Morgan fingerprint density at radius 2 is 2.00 bits per heavy atom. The summed E-state index contributed by atoms with van der Waals surface area (Å²) in [5.74, 6) is 0.506. The molecule has 1 saturated heterocycles. The monoisotopic (exact) mass is 265 g/mol. The zero-order valence-electron chi connectivity index (χ0n) is 11.4. The lowest BCUT2D eigenvalue weighted by Gasteiger charge is -2.37. The van der Waals surface area contributed by atoms with Crippen LogP contribution in [-0.4, -0.2) is 37.2 Å². The highest BCUT2D eigenvalue weighted by Gasteiger charge is 2.26. The van der Waals surface area contributed by atoms with E-state index in [4.69, 9.17) is 4.74 Å². The lowest BCUT2D eigenvalue weighted by molar-refractivity contribution is -0.384. The summed E-state index contributed by atoms with van der Waals surface area (Å²) in [7, 11) is 1.51. The average molecular weight is 265 g/mol. The molecule has 1 aromatic rings. The van der Waals surface area contributed by atoms with E-state index in [0.29, 0.717) is 23.5 Å². The van der Waals surface area contributed by atoms with Crippen LogP contribution in [0.4, 0.5) is 11.4 Å². The van der Waals surface area contributed by atoms with Crippen LogP contribution in [0, 0.1) is 10.1 Å². The summed E-state index contributed by atoms with van der Waals surface area (Å²) in [6.07, 6.45) is 0. The van der Waals surface area contributed by atoms with Gasteiger partial charge < -0.3 is 15.0 Å². The van der Waals surface area contributed by atoms with Crippen molar-refractivity contribution < 1.29 is 9.66 Å². The molecule has 0 spiro atoms. The second-order valence-electron chi connectivity index (χ2n) is 4.99. The second-order valence-corrected chi connectivity index (χ2v) is 4.99. The number of nitrogens with zero attached hydrogens (tertiary/aromatic N) is 2. The van der Waals surface area contributed by atoms with Crippen molar-refractivity contribution in [2.24, 2.45) is 0 Å². The number of anilines is 1. The maximum absolute atomic E-state index is 11.2.